The van der Waals surface area contributed by atoms with Crippen LogP contribution in [0.1, 0.15) is 43.2 Å². The molecule has 48 heavy (non-hydrogen) atoms. The maximum Gasteiger partial charge on any atom is 0.419 e. The van der Waals surface area contributed by atoms with Gasteiger partial charge in [0.05, 0.1) is 27.4 Å². The zero-order valence-corrected chi connectivity index (χ0v) is 28.7. The molecule has 3 N–H and O–H groups in total. The van der Waals surface area contributed by atoms with Crippen molar-refractivity contribution in [2.24, 2.45) is 0 Å². The molecule has 0 amide bonds. The molecule has 15 heteroatoms. The summed E-state index contributed by atoms with van der Waals surface area (Å²) in [5, 5.41) is 3.36. The Labute approximate surface area is 281 Å². The molecule has 4 fully saturated rings. The molecule has 256 valence electrons. The van der Waals surface area contributed by atoms with E-state index in [0.29, 0.717) is 31.9 Å². The van der Waals surface area contributed by atoms with E-state index in [9.17, 15) is 17.6 Å². The number of halogens is 6. The number of ether oxygens (including phenoxy) is 1. The van der Waals surface area contributed by atoms with Crippen molar-refractivity contribution in [1.82, 2.24) is 25.2 Å². The van der Waals surface area contributed by atoms with Crippen molar-refractivity contribution < 1.29 is 26.7 Å². The van der Waals surface area contributed by atoms with Crippen molar-refractivity contribution in [3.8, 4) is 28.7 Å². The number of aromatic nitrogens is 3. The highest BCUT2D eigenvalue weighted by atomic mass is 35.5. The zero-order chi connectivity index (χ0) is 34.2. The standard InChI is InChI=1S/C33H37ClF5N7OSi/c1-48(2,3)10-7-18-11-24(40)42-29(26(18)33(37,38)39)25-23(34)12-22-28(27(25)36)43-31(44-30(22)46-20-5-6-21(46)15-41-14-20)47-17-32-8-4-9-45(32)16-19(35)13-32/h11-12,19-21,41H,4-6,8-9,13-17H2,1-3H3,(H2,40,42)/t19-,20?,21?,32+/m1/s1. The summed E-state index contributed by atoms with van der Waals surface area (Å²) in [6.45, 7) is 8.24. The number of hydrogen-bond acceptors (Lipinski definition) is 8. The third-order valence-electron chi connectivity index (χ3n) is 9.83. The van der Waals surface area contributed by atoms with E-state index in [1.165, 1.54) is 6.07 Å². The van der Waals surface area contributed by atoms with E-state index in [1.54, 1.807) is 0 Å². The molecule has 4 saturated heterocycles. The van der Waals surface area contributed by atoms with Gasteiger partial charge < -0.3 is 20.7 Å². The Balaban J connectivity index is 1.41. The van der Waals surface area contributed by atoms with Gasteiger partial charge in [-0.1, -0.05) is 37.2 Å². The summed E-state index contributed by atoms with van der Waals surface area (Å²) in [5.74, 6) is 1.67. The molecule has 3 aromatic rings. The molecular formula is C33H37ClF5N7OSi. The summed E-state index contributed by atoms with van der Waals surface area (Å²) < 4.78 is 82.0. The molecule has 2 aromatic heterocycles. The van der Waals surface area contributed by atoms with E-state index >= 15 is 4.39 Å². The Morgan fingerprint density at radius 1 is 1.15 bits per heavy atom. The maximum absolute atomic E-state index is 17.0. The van der Waals surface area contributed by atoms with Gasteiger partial charge in [-0.2, -0.15) is 23.1 Å². The van der Waals surface area contributed by atoms with E-state index in [4.69, 9.17) is 27.1 Å². The summed E-state index contributed by atoms with van der Waals surface area (Å²) in [6.07, 6.45) is -2.21. The number of alkyl halides is 4. The van der Waals surface area contributed by atoms with Gasteiger partial charge in [-0.25, -0.2) is 13.8 Å². The molecule has 2 unspecified atom stereocenters. The largest absolute Gasteiger partial charge is 0.461 e. The second kappa shape index (κ2) is 12.0. The van der Waals surface area contributed by atoms with Crippen LogP contribution in [0.25, 0.3) is 22.2 Å². The fourth-order valence-corrected chi connectivity index (χ4v) is 8.59. The Morgan fingerprint density at radius 3 is 2.56 bits per heavy atom. The Morgan fingerprint density at radius 2 is 1.88 bits per heavy atom. The highest BCUT2D eigenvalue weighted by Crippen LogP contribution is 2.46. The summed E-state index contributed by atoms with van der Waals surface area (Å²) >= 11 is 6.70. The van der Waals surface area contributed by atoms with E-state index < -0.39 is 54.2 Å². The van der Waals surface area contributed by atoms with Crippen LogP contribution in [0.2, 0.25) is 24.7 Å². The van der Waals surface area contributed by atoms with Gasteiger partial charge in [-0.3, -0.25) is 4.90 Å². The average molecular weight is 706 g/mol. The van der Waals surface area contributed by atoms with Gasteiger partial charge in [-0.15, -0.1) is 5.54 Å². The third-order valence-corrected chi connectivity index (χ3v) is 11.0. The van der Waals surface area contributed by atoms with Crippen molar-refractivity contribution >= 4 is 42.2 Å². The Bertz CT molecular complexity index is 1830. The topological polar surface area (TPSA) is 92.4 Å². The van der Waals surface area contributed by atoms with Crippen LogP contribution < -0.4 is 20.7 Å². The molecule has 6 heterocycles. The predicted octanol–water partition coefficient (Wildman–Crippen LogP) is 6.21. The van der Waals surface area contributed by atoms with Crippen LogP contribution >= 0.6 is 11.6 Å². The molecule has 4 aliphatic heterocycles. The smallest absolute Gasteiger partial charge is 0.419 e. The average Bonchev–Trinajstić information content (AvgIpc) is 3.60. The number of hydrogen-bond donors (Lipinski definition) is 2. The minimum absolute atomic E-state index is 0.0576. The molecule has 1 aromatic carbocycles. The lowest BCUT2D eigenvalue weighted by atomic mass is 9.95. The summed E-state index contributed by atoms with van der Waals surface area (Å²) in [7, 11) is -2.11. The lowest BCUT2D eigenvalue weighted by Crippen LogP contribution is -2.52. The minimum Gasteiger partial charge on any atom is -0.461 e. The van der Waals surface area contributed by atoms with Gasteiger partial charge in [0, 0.05) is 49.1 Å². The predicted molar refractivity (Wildman–Crippen MR) is 178 cm³/mol. The second-order valence-electron chi connectivity index (χ2n) is 14.4. The number of benzene rings is 1. The van der Waals surface area contributed by atoms with Crippen molar-refractivity contribution in [3.05, 3.63) is 34.1 Å². The van der Waals surface area contributed by atoms with Crippen LogP contribution in [-0.2, 0) is 6.18 Å². The van der Waals surface area contributed by atoms with E-state index in [2.05, 4.69) is 36.5 Å². The molecule has 0 saturated carbocycles. The molecule has 2 bridgehead atoms. The normalized spacial score (nSPS) is 25.8. The van der Waals surface area contributed by atoms with E-state index in [0.717, 1.165) is 38.3 Å². The first-order chi connectivity index (χ1) is 22.6. The number of piperazine rings is 1. The van der Waals surface area contributed by atoms with E-state index in [-0.39, 0.29) is 46.4 Å². The fourth-order valence-electron chi connectivity index (χ4n) is 7.80. The third kappa shape index (κ3) is 5.97. The molecule has 0 radical (unpaired) electrons. The van der Waals surface area contributed by atoms with Crippen molar-refractivity contribution in [3.63, 3.8) is 0 Å². The quantitative estimate of drug-likeness (QED) is 0.184. The maximum atomic E-state index is 17.0. The minimum atomic E-state index is -4.96. The van der Waals surface area contributed by atoms with Crippen LogP contribution in [0.3, 0.4) is 0 Å². The van der Waals surface area contributed by atoms with Crippen molar-refractivity contribution in [2.75, 3.05) is 43.4 Å². The first-order valence-electron chi connectivity index (χ1n) is 16.3. The summed E-state index contributed by atoms with van der Waals surface area (Å²) in [5.41, 5.74) is 5.19. The van der Waals surface area contributed by atoms with Crippen LogP contribution in [0.4, 0.5) is 33.6 Å². The number of fused-ring (bicyclic) bond motifs is 4. The number of nitrogens with two attached hydrogens (primary N) is 1. The molecule has 0 aliphatic carbocycles. The van der Waals surface area contributed by atoms with Crippen LogP contribution in [0, 0.1) is 17.3 Å². The molecule has 4 atom stereocenters. The van der Waals surface area contributed by atoms with Gasteiger partial charge in [-0.05, 0) is 44.4 Å². The molecular weight excluding hydrogens is 669 g/mol. The van der Waals surface area contributed by atoms with Crippen LogP contribution in [-0.4, -0.2) is 84.5 Å². The fraction of sp³-hybridized carbons (Fsp3) is 0.545. The molecule has 7 rings (SSSR count). The Hall–Kier alpha value is -3.25. The monoisotopic (exact) mass is 705 g/mol. The highest BCUT2D eigenvalue weighted by Gasteiger charge is 2.49. The highest BCUT2D eigenvalue weighted by molar-refractivity contribution is 6.83. The van der Waals surface area contributed by atoms with Gasteiger partial charge in [0.2, 0.25) is 0 Å². The number of nitrogens with zero attached hydrogens (tertiary/aromatic N) is 5. The number of nitrogen functional groups attached to an aromatic ring is 1. The van der Waals surface area contributed by atoms with Crippen molar-refractivity contribution in [2.45, 2.75) is 81.7 Å². The Kier molecular flexibility index (Phi) is 8.29. The van der Waals surface area contributed by atoms with Gasteiger partial charge in [0.1, 0.15) is 38.0 Å². The zero-order valence-electron chi connectivity index (χ0n) is 26.9. The summed E-state index contributed by atoms with van der Waals surface area (Å²) in [4.78, 5) is 17.4. The van der Waals surface area contributed by atoms with Gasteiger partial charge in [0.25, 0.3) is 0 Å². The number of anilines is 2. The number of pyridine rings is 1. The lowest BCUT2D eigenvalue weighted by molar-refractivity contribution is -0.137. The summed E-state index contributed by atoms with van der Waals surface area (Å²) in [6, 6.07) is 2.43. The number of nitrogens with one attached hydrogen (secondary N) is 1. The van der Waals surface area contributed by atoms with Crippen LogP contribution in [0.15, 0.2) is 12.1 Å². The molecule has 8 nitrogen and oxygen atoms in total. The van der Waals surface area contributed by atoms with Gasteiger partial charge in [0.15, 0.2) is 5.82 Å². The number of rotatable bonds is 5. The van der Waals surface area contributed by atoms with Crippen LogP contribution in [0.5, 0.6) is 6.01 Å². The lowest BCUT2D eigenvalue weighted by Gasteiger charge is -2.37. The second-order valence-corrected chi connectivity index (χ2v) is 19.6. The van der Waals surface area contributed by atoms with Crippen molar-refractivity contribution in [1.29, 1.82) is 0 Å². The first-order valence-corrected chi connectivity index (χ1v) is 20.1. The van der Waals surface area contributed by atoms with E-state index in [1.807, 2.05) is 19.6 Å². The molecule has 4 aliphatic rings. The SMILES string of the molecule is C[Si](C)(C)C#Cc1cc(N)nc(-c2c(Cl)cc3c(N4C5CCC4CNC5)nc(OC[C@@]45CCCN4C[C@H](F)C5)nc3c2F)c1C(F)(F)F. The first kappa shape index (κ1) is 33.3. The molecule has 0 spiro atoms. The van der Waals surface area contributed by atoms with Gasteiger partial charge >= 0.3 is 12.2 Å².